The van der Waals surface area contributed by atoms with E-state index in [2.05, 4.69) is 19.1 Å². The van der Waals surface area contributed by atoms with Crippen molar-refractivity contribution in [2.75, 3.05) is 18.2 Å². The summed E-state index contributed by atoms with van der Waals surface area (Å²) in [5, 5.41) is 3.85. The molecule has 2 aromatic carbocycles. The van der Waals surface area contributed by atoms with Crippen LogP contribution in [0, 0.1) is 0 Å². The molecule has 0 saturated carbocycles. The molecule has 4 rings (SSSR count). The zero-order valence-electron chi connectivity index (χ0n) is 14.1. The monoisotopic (exact) mass is 360 g/mol. The van der Waals surface area contributed by atoms with Gasteiger partial charge in [0.2, 0.25) is 5.91 Å². The van der Waals surface area contributed by atoms with Gasteiger partial charge in [-0.3, -0.25) is 9.80 Å². The Morgan fingerprint density at radius 3 is 2.64 bits per heavy atom. The molecule has 1 atom stereocenters. The van der Waals surface area contributed by atoms with E-state index in [9.17, 15) is 4.79 Å². The number of benzene rings is 2. The molecule has 0 bridgehead atoms. The quantitative estimate of drug-likeness (QED) is 0.841. The molecule has 1 unspecified atom stereocenters. The number of ether oxygens (including phenoxy) is 2. The SMILES string of the molecule is CCN1c2ccccc2CN1C(=O)CC1COc2ccccc2O1.Cl. The minimum Gasteiger partial charge on any atom is -0.486 e. The number of nitrogens with zero attached hydrogens (tertiary/aromatic N) is 2. The van der Waals surface area contributed by atoms with Crippen LogP contribution < -0.4 is 14.5 Å². The predicted molar refractivity (Wildman–Crippen MR) is 98.2 cm³/mol. The van der Waals surface area contributed by atoms with E-state index in [4.69, 9.17) is 9.47 Å². The third-order valence-electron chi connectivity index (χ3n) is 4.44. The van der Waals surface area contributed by atoms with Crippen molar-refractivity contribution < 1.29 is 14.3 Å². The molecule has 0 fully saturated rings. The number of hydrazine groups is 1. The maximum absolute atomic E-state index is 12.8. The molecule has 0 radical (unpaired) electrons. The van der Waals surface area contributed by atoms with Gasteiger partial charge >= 0.3 is 0 Å². The molecular weight excluding hydrogens is 340 g/mol. The van der Waals surface area contributed by atoms with Gasteiger partial charge in [-0.05, 0) is 30.7 Å². The Hall–Kier alpha value is -2.40. The minimum absolute atomic E-state index is 0. The number of halogens is 1. The second kappa shape index (κ2) is 7.23. The Kier molecular flexibility index (Phi) is 5.04. The predicted octanol–water partition coefficient (Wildman–Crippen LogP) is 3.42. The number of para-hydroxylation sites is 3. The van der Waals surface area contributed by atoms with Gasteiger partial charge in [0.15, 0.2) is 11.5 Å². The van der Waals surface area contributed by atoms with E-state index in [0.717, 1.165) is 18.0 Å². The van der Waals surface area contributed by atoms with E-state index in [1.54, 1.807) is 0 Å². The second-order valence-electron chi connectivity index (χ2n) is 6.00. The molecule has 0 aliphatic carbocycles. The zero-order valence-corrected chi connectivity index (χ0v) is 14.9. The molecule has 2 aliphatic rings. The number of anilines is 1. The summed E-state index contributed by atoms with van der Waals surface area (Å²) < 4.78 is 11.6. The Labute approximate surface area is 153 Å². The largest absolute Gasteiger partial charge is 0.486 e. The molecule has 5 nitrogen and oxygen atoms in total. The molecular formula is C19H21ClN2O3. The Balaban J connectivity index is 0.00000182. The van der Waals surface area contributed by atoms with Crippen molar-refractivity contribution in [3.63, 3.8) is 0 Å². The summed E-state index contributed by atoms with van der Waals surface area (Å²) in [6.07, 6.45) is 0.0496. The molecule has 0 spiro atoms. The highest BCUT2D eigenvalue weighted by atomic mass is 35.5. The van der Waals surface area contributed by atoms with Crippen LogP contribution in [0.4, 0.5) is 5.69 Å². The van der Waals surface area contributed by atoms with Gasteiger partial charge in [0.25, 0.3) is 0 Å². The lowest BCUT2D eigenvalue weighted by atomic mass is 10.2. The fourth-order valence-corrected chi connectivity index (χ4v) is 3.30. The standard InChI is InChI=1S/C19H20N2O3.ClH/c1-2-20-16-8-4-3-7-14(16)12-21(20)19(22)11-15-13-23-17-9-5-6-10-18(17)24-15;/h3-10,15H,2,11-13H2,1H3;1H. The molecule has 0 aromatic heterocycles. The van der Waals surface area contributed by atoms with Crippen LogP contribution in [-0.2, 0) is 11.3 Å². The van der Waals surface area contributed by atoms with Gasteiger partial charge in [0, 0.05) is 6.54 Å². The van der Waals surface area contributed by atoms with Crippen molar-refractivity contribution in [1.82, 2.24) is 5.01 Å². The van der Waals surface area contributed by atoms with Crippen LogP contribution in [0.5, 0.6) is 11.5 Å². The number of hydrogen-bond acceptors (Lipinski definition) is 4. The average molecular weight is 361 g/mol. The third-order valence-corrected chi connectivity index (χ3v) is 4.44. The first-order valence-electron chi connectivity index (χ1n) is 8.30. The van der Waals surface area contributed by atoms with Crippen LogP contribution >= 0.6 is 12.4 Å². The van der Waals surface area contributed by atoms with Gasteiger partial charge in [-0.1, -0.05) is 30.3 Å². The summed E-state index contributed by atoms with van der Waals surface area (Å²) in [5.74, 6) is 1.50. The Morgan fingerprint density at radius 2 is 1.84 bits per heavy atom. The highest BCUT2D eigenvalue weighted by molar-refractivity contribution is 5.85. The van der Waals surface area contributed by atoms with Gasteiger partial charge in [-0.25, -0.2) is 5.01 Å². The van der Waals surface area contributed by atoms with Gasteiger partial charge < -0.3 is 9.47 Å². The van der Waals surface area contributed by atoms with Crippen LogP contribution in [0.1, 0.15) is 18.9 Å². The second-order valence-corrected chi connectivity index (χ2v) is 6.00. The van der Waals surface area contributed by atoms with Crippen molar-refractivity contribution in [1.29, 1.82) is 0 Å². The third kappa shape index (κ3) is 3.24. The fraction of sp³-hybridized carbons (Fsp3) is 0.316. The van der Waals surface area contributed by atoms with E-state index in [1.807, 2.05) is 46.4 Å². The molecule has 6 heteroatoms. The maximum Gasteiger partial charge on any atom is 0.245 e. The van der Waals surface area contributed by atoms with E-state index in [0.29, 0.717) is 25.3 Å². The molecule has 0 saturated heterocycles. The van der Waals surface area contributed by atoms with E-state index < -0.39 is 0 Å². The highest BCUT2D eigenvalue weighted by Crippen LogP contribution is 2.34. The first-order chi connectivity index (χ1) is 11.8. The van der Waals surface area contributed by atoms with Crippen LogP contribution in [0.2, 0.25) is 0 Å². The van der Waals surface area contributed by atoms with E-state index in [-0.39, 0.29) is 24.4 Å². The molecule has 2 aliphatic heterocycles. The van der Waals surface area contributed by atoms with Crippen molar-refractivity contribution in [3.05, 3.63) is 54.1 Å². The Morgan fingerprint density at radius 1 is 1.12 bits per heavy atom. The smallest absolute Gasteiger partial charge is 0.245 e. The molecule has 25 heavy (non-hydrogen) atoms. The highest BCUT2D eigenvalue weighted by Gasteiger charge is 2.32. The van der Waals surface area contributed by atoms with Crippen molar-refractivity contribution >= 4 is 24.0 Å². The van der Waals surface area contributed by atoms with Crippen LogP contribution in [0.15, 0.2) is 48.5 Å². The van der Waals surface area contributed by atoms with Crippen molar-refractivity contribution in [2.24, 2.45) is 0 Å². The fourth-order valence-electron chi connectivity index (χ4n) is 3.30. The van der Waals surface area contributed by atoms with Crippen LogP contribution in [0.25, 0.3) is 0 Å². The molecule has 0 N–H and O–H groups in total. The number of rotatable bonds is 3. The van der Waals surface area contributed by atoms with Crippen LogP contribution in [0.3, 0.4) is 0 Å². The summed E-state index contributed by atoms with van der Waals surface area (Å²) in [6.45, 7) is 3.83. The number of carbonyl (C=O) groups is 1. The normalized spacial score (nSPS) is 17.7. The summed E-state index contributed by atoms with van der Waals surface area (Å²) in [5.41, 5.74) is 2.29. The van der Waals surface area contributed by atoms with Gasteiger partial charge in [-0.2, -0.15) is 0 Å². The van der Waals surface area contributed by atoms with E-state index in [1.165, 1.54) is 5.56 Å². The summed E-state index contributed by atoms with van der Waals surface area (Å²) in [4.78, 5) is 12.8. The van der Waals surface area contributed by atoms with Crippen LogP contribution in [-0.4, -0.2) is 30.2 Å². The topological polar surface area (TPSA) is 42.0 Å². The summed E-state index contributed by atoms with van der Waals surface area (Å²) >= 11 is 0. The molecule has 1 amide bonds. The Bertz CT molecular complexity index is 768. The van der Waals surface area contributed by atoms with Gasteiger partial charge in [0.1, 0.15) is 12.7 Å². The number of amides is 1. The van der Waals surface area contributed by atoms with Gasteiger partial charge in [-0.15, -0.1) is 12.4 Å². The summed E-state index contributed by atoms with van der Waals surface area (Å²) in [7, 11) is 0. The lowest BCUT2D eigenvalue weighted by Crippen LogP contribution is -2.44. The number of hydrogen-bond donors (Lipinski definition) is 0. The maximum atomic E-state index is 12.8. The van der Waals surface area contributed by atoms with Crippen molar-refractivity contribution in [3.8, 4) is 11.5 Å². The zero-order chi connectivity index (χ0) is 16.5. The lowest BCUT2D eigenvalue weighted by Gasteiger charge is -2.31. The number of fused-ring (bicyclic) bond motifs is 2. The first kappa shape index (κ1) is 17.4. The lowest BCUT2D eigenvalue weighted by molar-refractivity contribution is -0.134. The number of carbonyl (C=O) groups excluding carboxylic acids is 1. The molecule has 132 valence electrons. The minimum atomic E-state index is -0.255. The first-order valence-corrected chi connectivity index (χ1v) is 8.30. The molecule has 2 heterocycles. The van der Waals surface area contributed by atoms with Gasteiger partial charge in [0.05, 0.1) is 18.7 Å². The average Bonchev–Trinajstić information content (AvgIpc) is 3.00. The van der Waals surface area contributed by atoms with Crippen molar-refractivity contribution in [2.45, 2.75) is 26.0 Å². The molecule has 2 aromatic rings. The summed E-state index contributed by atoms with van der Waals surface area (Å²) in [6, 6.07) is 15.7. The van der Waals surface area contributed by atoms with E-state index >= 15 is 0 Å².